The van der Waals surface area contributed by atoms with Crippen molar-refractivity contribution in [1.82, 2.24) is 0 Å². The van der Waals surface area contributed by atoms with Gasteiger partial charge in [0, 0.05) is 0 Å². The van der Waals surface area contributed by atoms with E-state index in [2.05, 4.69) is 121 Å². The summed E-state index contributed by atoms with van der Waals surface area (Å²) in [6.45, 7) is 0. The molecule has 0 amide bonds. The minimum atomic E-state index is 0.176. The zero-order valence-electron chi connectivity index (χ0n) is 20.5. The molecular weight excluding hydrogens is 420 g/mol. The normalized spacial score (nSPS) is 33.4. The average Bonchev–Trinajstić information content (AvgIpc) is 3.11. The molecule has 4 aromatic carbocycles. The molecule has 0 heterocycles. The molecule has 0 atom stereocenters. The molecular formula is C35H34. The van der Waals surface area contributed by atoms with Crippen LogP contribution in [0.3, 0.4) is 0 Å². The molecule has 4 bridgehead atoms. The van der Waals surface area contributed by atoms with Crippen LogP contribution in [-0.4, -0.2) is 0 Å². The highest BCUT2D eigenvalue weighted by Crippen LogP contribution is 2.71. The lowest BCUT2D eigenvalue weighted by Gasteiger charge is -2.62. The van der Waals surface area contributed by atoms with Gasteiger partial charge >= 0.3 is 0 Å². The SMILES string of the molecule is c1ccc(C23CCC4(c5ccccc5)CC(c5ccccc5)(C2)CC(c2ccccc2)(C3)C4)cc1. The molecule has 4 aromatic rings. The Morgan fingerprint density at radius 3 is 0.800 bits per heavy atom. The van der Waals surface area contributed by atoms with Gasteiger partial charge in [0.2, 0.25) is 0 Å². The van der Waals surface area contributed by atoms with Gasteiger partial charge in [-0.1, -0.05) is 121 Å². The van der Waals surface area contributed by atoms with E-state index in [0.29, 0.717) is 0 Å². The highest BCUT2D eigenvalue weighted by Gasteiger charge is 2.65. The lowest BCUT2D eigenvalue weighted by molar-refractivity contribution is 0.0374. The second-order valence-electron chi connectivity index (χ2n) is 12.0. The predicted molar refractivity (Wildman–Crippen MR) is 145 cm³/mol. The van der Waals surface area contributed by atoms with Crippen molar-refractivity contribution < 1.29 is 0 Å². The summed E-state index contributed by atoms with van der Waals surface area (Å²) in [5.41, 5.74) is 7.00. The molecule has 0 unspecified atom stereocenters. The summed E-state index contributed by atoms with van der Waals surface area (Å²) < 4.78 is 0. The van der Waals surface area contributed by atoms with Crippen LogP contribution in [0.4, 0.5) is 0 Å². The van der Waals surface area contributed by atoms with Crippen molar-refractivity contribution >= 4 is 0 Å². The second kappa shape index (κ2) is 7.69. The van der Waals surface area contributed by atoms with Gasteiger partial charge in [0.15, 0.2) is 0 Å². The Balaban J connectivity index is 1.53. The molecule has 0 saturated heterocycles. The van der Waals surface area contributed by atoms with Gasteiger partial charge in [0.05, 0.1) is 0 Å². The van der Waals surface area contributed by atoms with E-state index in [1.165, 1.54) is 44.9 Å². The van der Waals surface area contributed by atoms with E-state index in [9.17, 15) is 0 Å². The summed E-state index contributed by atoms with van der Waals surface area (Å²) in [6.07, 6.45) is 8.85. The molecule has 0 spiro atoms. The lowest BCUT2D eigenvalue weighted by Crippen LogP contribution is -2.57. The molecule has 0 nitrogen and oxygen atoms in total. The van der Waals surface area contributed by atoms with Gasteiger partial charge in [-0.2, -0.15) is 0 Å². The smallest absolute Gasteiger partial charge is 0.00216 e. The molecule has 4 fully saturated rings. The number of benzene rings is 4. The molecule has 35 heavy (non-hydrogen) atoms. The number of hydrogen-bond acceptors (Lipinski definition) is 0. The highest BCUT2D eigenvalue weighted by molar-refractivity contribution is 5.46. The van der Waals surface area contributed by atoms with Gasteiger partial charge in [-0.25, -0.2) is 0 Å². The first-order chi connectivity index (χ1) is 17.2. The average molecular weight is 455 g/mol. The topological polar surface area (TPSA) is 0 Å². The molecule has 0 aromatic heterocycles. The minimum absolute atomic E-state index is 0.176. The first-order valence-corrected chi connectivity index (χ1v) is 13.4. The quantitative estimate of drug-likeness (QED) is 0.290. The van der Waals surface area contributed by atoms with Crippen molar-refractivity contribution in [2.75, 3.05) is 0 Å². The maximum Gasteiger partial charge on any atom is -0.00216 e. The monoisotopic (exact) mass is 454 g/mol. The highest BCUT2D eigenvalue weighted by atomic mass is 14.7. The van der Waals surface area contributed by atoms with Gasteiger partial charge in [-0.3, -0.25) is 0 Å². The largest absolute Gasteiger partial charge is 0.0622 e. The number of fused-ring (bicyclic) bond motifs is 1. The van der Waals surface area contributed by atoms with Crippen molar-refractivity contribution in [3.05, 3.63) is 144 Å². The summed E-state index contributed by atoms with van der Waals surface area (Å²) in [5, 5.41) is 0. The fourth-order valence-corrected chi connectivity index (χ4v) is 9.05. The summed E-state index contributed by atoms with van der Waals surface area (Å²) in [6, 6.07) is 46.3. The standard InChI is InChI=1S/C35H34/c1-5-13-28(14-6-1)32-21-22-33(29-15-7-2-8-16-29)25-34(23-32,30-17-9-3-10-18-30)27-35(24-32,26-33)31-19-11-4-12-20-31/h1-20H,21-27H2. The van der Waals surface area contributed by atoms with E-state index < -0.39 is 0 Å². The zero-order valence-corrected chi connectivity index (χ0v) is 20.5. The third kappa shape index (κ3) is 3.19. The van der Waals surface area contributed by atoms with Crippen LogP contribution in [0.25, 0.3) is 0 Å². The molecule has 4 aliphatic rings. The molecule has 0 heteroatoms. The van der Waals surface area contributed by atoms with Crippen molar-refractivity contribution in [3.63, 3.8) is 0 Å². The molecule has 4 saturated carbocycles. The van der Waals surface area contributed by atoms with Crippen molar-refractivity contribution in [2.45, 2.75) is 66.6 Å². The number of hydrogen-bond donors (Lipinski definition) is 0. The van der Waals surface area contributed by atoms with Crippen LogP contribution in [0.15, 0.2) is 121 Å². The fraction of sp³-hybridized carbons (Fsp3) is 0.314. The van der Waals surface area contributed by atoms with Crippen LogP contribution in [-0.2, 0) is 21.7 Å². The van der Waals surface area contributed by atoms with Crippen LogP contribution in [0.1, 0.15) is 67.2 Å². The van der Waals surface area contributed by atoms with E-state index >= 15 is 0 Å². The van der Waals surface area contributed by atoms with Crippen molar-refractivity contribution in [1.29, 1.82) is 0 Å². The van der Waals surface area contributed by atoms with E-state index in [-0.39, 0.29) is 21.7 Å². The lowest BCUT2D eigenvalue weighted by atomic mass is 9.41. The van der Waals surface area contributed by atoms with Gasteiger partial charge in [-0.05, 0) is 88.9 Å². The maximum absolute atomic E-state index is 2.43. The first kappa shape index (κ1) is 21.2. The van der Waals surface area contributed by atoms with Crippen LogP contribution in [0.5, 0.6) is 0 Å². The van der Waals surface area contributed by atoms with E-state index in [4.69, 9.17) is 0 Å². The van der Waals surface area contributed by atoms with E-state index in [1.54, 1.807) is 22.3 Å². The third-order valence-electron chi connectivity index (χ3n) is 10.0. The maximum atomic E-state index is 2.43. The summed E-state index contributed by atoms with van der Waals surface area (Å²) in [5.74, 6) is 0. The Morgan fingerprint density at radius 2 is 0.514 bits per heavy atom. The van der Waals surface area contributed by atoms with Crippen LogP contribution in [0.2, 0.25) is 0 Å². The minimum Gasteiger partial charge on any atom is -0.0622 e. The van der Waals surface area contributed by atoms with Gasteiger partial charge in [0.1, 0.15) is 0 Å². The summed E-state index contributed by atoms with van der Waals surface area (Å²) >= 11 is 0. The molecule has 0 aliphatic heterocycles. The van der Waals surface area contributed by atoms with Crippen molar-refractivity contribution in [2.24, 2.45) is 0 Å². The molecule has 4 aliphatic carbocycles. The Kier molecular flexibility index (Phi) is 4.65. The zero-order chi connectivity index (χ0) is 23.4. The Hall–Kier alpha value is -3.12. The Bertz CT molecular complexity index is 1190. The molecule has 0 radical (unpaired) electrons. The molecule has 8 rings (SSSR count). The first-order valence-electron chi connectivity index (χ1n) is 13.4. The summed E-state index contributed by atoms with van der Waals surface area (Å²) in [7, 11) is 0. The van der Waals surface area contributed by atoms with Gasteiger partial charge in [0.25, 0.3) is 0 Å². The van der Waals surface area contributed by atoms with Crippen LogP contribution in [0, 0.1) is 0 Å². The van der Waals surface area contributed by atoms with Crippen molar-refractivity contribution in [3.8, 4) is 0 Å². The molecule has 0 N–H and O–H groups in total. The van der Waals surface area contributed by atoms with E-state index in [0.717, 1.165) is 0 Å². The van der Waals surface area contributed by atoms with Crippen LogP contribution < -0.4 is 0 Å². The Labute approximate surface area is 210 Å². The summed E-state index contributed by atoms with van der Waals surface area (Å²) in [4.78, 5) is 0. The van der Waals surface area contributed by atoms with Gasteiger partial charge < -0.3 is 0 Å². The molecule has 174 valence electrons. The van der Waals surface area contributed by atoms with Crippen LogP contribution >= 0.6 is 0 Å². The fourth-order valence-electron chi connectivity index (χ4n) is 9.05. The van der Waals surface area contributed by atoms with E-state index in [1.807, 2.05) is 0 Å². The number of rotatable bonds is 4. The third-order valence-corrected chi connectivity index (χ3v) is 10.0. The van der Waals surface area contributed by atoms with Gasteiger partial charge in [-0.15, -0.1) is 0 Å². The second-order valence-corrected chi connectivity index (χ2v) is 12.0. The Morgan fingerprint density at radius 1 is 0.286 bits per heavy atom. The predicted octanol–water partition coefficient (Wildman–Crippen LogP) is 8.51.